The third-order valence-electron chi connectivity index (χ3n) is 2.51. The van der Waals surface area contributed by atoms with Gasteiger partial charge in [-0.25, -0.2) is 0 Å². The van der Waals surface area contributed by atoms with Crippen molar-refractivity contribution in [2.24, 2.45) is 5.73 Å². The van der Waals surface area contributed by atoms with Crippen LogP contribution < -0.4 is 20.5 Å². The summed E-state index contributed by atoms with van der Waals surface area (Å²) in [7, 11) is 3.17. The van der Waals surface area contributed by atoms with Gasteiger partial charge in [-0.2, -0.15) is 0 Å². The van der Waals surface area contributed by atoms with Crippen molar-refractivity contribution in [1.29, 1.82) is 0 Å². The molecule has 0 saturated heterocycles. The summed E-state index contributed by atoms with van der Waals surface area (Å²) in [5, 5.41) is 2.94. The second-order valence-corrected chi connectivity index (χ2v) is 3.87. The summed E-state index contributed by atoms with van der Waals surface area (Å²) in [5.74, 6) is 1.37. The molecule has 0 radical (unpaired) electrons. The monoisotopic (exact) mass is 459 g/mol. The summed E-state index contributed by atoms with van der Waals surface area (Å²) in [4.78, 5) is 11.6. The second kappa shape index (κ2) is 10.6. The van der Waals surface area contributed by atoms with E-state index in [1.165, 1.54) is 6.08 Å². The number of nitrogens with two attached hydrogens (primary N) is 1. The summed E-state index contributed by atoms with van der Waals surface area (Å²) in [6, 6.07) is 5.44. The van der Waals surface area contributed by atoms with Crippen molar-refractivity contribution in [3.05, 3.63) is 29.8 Å². The number of nitrogens with one attached hydrogen (secondary N) is 1. The molecule has 0 heterocycles. The summed E-state index contributed by atoms with van der Waals surface area (Å²) in [6.45, 7) is 1.43. The number of ketones is 1. The van der Waals surface area contributed by atoms with Crippen molar-refractivity contribution in [3.63, 3.8) is 0 Å². The number of rotatable bonds is 8. The van der Waals surface area contributed by atoms with E-state index >= 15 is 0 Å². The minimum absolute atomic E-state index is 0. The van der Waals surface area contributed by atoms with Crippen molar-refractivity contribution in [3.8, 4) is 11.5 Å². The summed E-state index contributed by atoms with van der Waals surface area (Å²) in [5.41, 5.74) is 6.15. The van der Waals surface area contributed by atoms with E-state index in [1.807, 2.05) is 12.1 Å². The molecule has 0 unspecified atom stereocenters. The fraction of sp³-hybridized carbons (Fsp3) is 0.357. The maximum Gasteiger partial charge on any atom is 0.169 e. The maximum absolute atomic E-state index is 11.6. The Morgan fingerprint density at radius 3 is 2.70 bits per heavy atom. The molecule has 1 aromatic carbocycles. The zero-order valence-electron chi connectivity index (χ0n) is 11.6. The Hall–Kier alpha value is -1.16. The largest absolute Gasteiger partial charge is 0.497 e. The first-order valence-corrected chi connectivity index (χ1v) is 6.05. The third kappa shape index (κ3) is 6.33. The van der Waals surface area contributed by atoms with Gasteiger partial charge in [-0.3, -0.25) is 4.79 Å². The van der Waals surface area contributed by atoms with Crippen molar-refractivity contribution in [2.45, 2.75) is 0 Å². The van der Waals surface area contributed by atoms with E-state index in [-0.39, 0.29) is 33.4 Å². The summed E-state index contributed by atoms with van der Waals surface area (Å²) >= 11 is 0. The molecule has 0 amide bonds. The van der Waals surface area contributed by atoms with Crippen LogP contribution in [0.2, 0.25) is 0 Å². The first-order chi connectivity index (χ1) is 9.21. The Bertz CT molecular complexity index is 450. The van der Waals surface area contributed by atoms with Crippen molar-refractivity contribution < 1.29 is 35.3 Å². The average Bonchev–Trinajstić information content (AvgIpc) is 2.45. The predicted octanol–water partition coefficient (Wildman–Crippen LogP) is 0.832. The van der Waals surface area contributed by atoms with Gasteiger partial charge in [-0.05, 0) is 24.3 Å². The smallest absolute Gasteiger partial charge is 0.169 e. The molecular weight excluding hydrogens is 439 g/mol. The molecule has 1 aromatic rings. The average molecular weight is 459 g/mol. The van der Waals surface area contributed by atoms with Gasteiger partial charge in [-0.1, -0.05) is 0 Å². The molecule has 0 bridgehead atoms. The van der Waals surface area contributed by atoms with Crippen LogP contribution in [0.1, 0.15) is 5.56 Å². The van der Waals surface area contributed by atoms with E-state index in [4.69, 9.17) is 15.2 Å². The van der Waals surface area contributed by atoms with Crippen LogP contribution in [-0.2, 0) is 25.9 Å². The van der Waals surface area contributed by atoms with E-state index in [0.29, 0.717) is 24.6 Å². The van der Waals surface area contributed by atoms with Crippen LogP contribution in [-0.4, -0.2) is 39.6 Å². The molecule has 3 N–H and O–H groups in total. The number of benzene rings is 1. The molecule has 0 atom stereocenters. The molecule has 0 aliphatic heterocycles. The maximum atomic E-state index is 11.6. The van der Waals surface area contributed by atoms with Gasteiger partial charge in [0.1, 0.15) is 11.5 Å². The number of hydrogen-bond donors (Lipinski definition) is 2. The molecule has 0 aromatic heterocycles. The van der Waals surface area contributed by atoms with Crippen molar-refractivity contribution in [2.75, 3.05) is 33.9 Å². The molecule has 0 fully saturated rings. The molecule has 1 rings (SSSR count). The van der Waals surface area contributed by atoms with Gasteiger partial charge in [0.05, 0.1) is 20.8 Å². The van der Waals surface area contributed by atoms with Crippen LogP contribution in [0.3, 0.4) is 0 Å². The predicted molar refractivity (Wildman–Crippen MR) is 75.5 cm³/mol. The number of methoxy groups -OCH3 is 2. The number of carbonyl (C=O) groups is 1. The van der Waals surface area contributed by atoms with E-state index in [1.54, 1.807) is 26.4 Å². The minimum Gasteiger partial charge on any atom is -0.497 e. The van der Waals surface area contributed by atoms with Crippen LogP contribution in [0.15, 0.2) is 24.3 Å². The van der Waals surface area contributed by atoms with Crippen LogP contribution in [0, 0.1) is 0 Å². The number of hydrogen-bond acceptors (Lipinski definition) is 5. The third-order valence-corrected chi connectivity index (χ3v) is 2.51. The molecular formula is C14H20N2O3Pt. The van der Waals surface area contributed by atoms with Gasteiger partial charge in [0.15, 0.2) is 5.78 Å². The van der Waals surface area contributed by atoms with Gasteiger partial charge in [0.2, 0.25) is 0 Å². The van der Waals surface area contributed by atoms with Gasteiger partial charge >= 0.3 is 0 Å². The molecule has 0 aliphatic carbocycles. The van der Waals surface area contributed by atoms with Crippen LogP contribution in [0.25, 0.3) is 6.08 Å². The standard InChI is InChI=1S/C14H20N2O3.Pt/c1-18-13-6-4-11(14(9-13)19-2)3-5-12(17)10-16-8-7-15;/h3-6,9,16H,7-8,10,15H2,1-2H3;/b5-3+;. The Morgan fingerprint density at radius 1 is 1.35 bits per heavy atom. The number of ether oxygens (including phenoxy) is 2. The SMILES string of the molecule is COc1ccc(/C=C/C(=O)CNCCN)c(OC)c1.[Pt]. The zero-order valence-corrected chi connectivity index (χ0v) is 13.9. The Morgan fingerprint density at radius 2 is 2.10 bits per heavy atom. The van der Waals surface area contributed by atoms with Crippen LogP contribution in [0.5, 0.6) is 11.5 Å². The molecule has 6 heteroatoms. The van der Waals surface area contributed by atoms with Crippen LogP contribution in [0.4, 0.5) is 0 Å². The number of carbonyl (C=O) groups excluding carboxylic acids is 1. The van der Waals surface area contributed by atoms with Crippen molar-refractivity contribution >= 4 is 11.9 Å². The Labute approximate surface area is 133 Å². The van der Waals surface area contributed by atoms with Gasteiger partial charge in [0.25, 0.3) is 0 Å². The molecule has 0 aliphatic rings. The normalized spacial score (nSPS) is 10.2. The van der Waals surface area contributed by atoms with Gasteiger partial charge in [0, 0.05) is 45.8 Å². The van der Waals surface area contributed by atoms with E-state index < -0.39 is 0 Å². The van der Waals surface area contributed by atoms with E-state index in [9.17, 15) is 4.79 Å². The van der Waals surface area contributed by atoms with Crippen LogP contribution >= 0.6 is 0 Å². The van der Waals surface area contributed by atoms with Gasteiger partial charge < -0.3 is 20.5 Å². The first-order valence-electron chi connectivity index (χ1n) is 6.05. The Balaban J connectivity index is 0.00000361. The van der Waals surface area contributed by atoms with Gasteiger partial charge in [-0.15, -0.1) is 0 Å². The van der Waals surface area contributed by atoms with E-state index in [2.05, 4.69) is 5.32 Å². The van der Waals surface area contributed by atoms with Crippen molar-refractivity contribution in [1.82, 2.24) is 5.32 Å². The summed E-state index contributed by atoms with van der Waals surface area (Å²) < 4.78 is 10.4. The zero-order chi connectivity index (χ0) is 14.1. The minimum atomic E-state index is -0.00804. The molecule has 0 spiro atoms. The quantitative estimate of drug-likeness (QED) is 0.445. The Kier molecular flexibility index (Phi) is 9.99. The fourth-order valence-electron chi connectivity index (χ4n) is 1.51. The topological polar surface area (TPSA) is 73.6 Å². The molecule has 0 saturated carbocycles. The first kappa shape index (κ1) is 18.8. The summed E-state index contributed by atoms with van der Waals surface area (Å²) in [6.07, 6.45) is 3.25. The second-order valence-electron chi connectivity index (χ2n) is 3.87. The molecule has 20 heavy (non-hydrogen) atoms. The van der Waals surface area contributed by atoms with E-state index in [0.717, 1.165) is 5.56 Å². The fourth-order valence-corrected chi connectivity index (χ4v) is 1.51. The molecule has 114 valence electrons. The molecule has 5 nitrogen and oxygen atoms in total.